The van der Waals surface area contributed by atoms with Crippen molar-refractivity contribution < 1.29 is 4.79 Å². The minimum absolute atomic E-state index is 0. The van der Waals surface area contributed by atoms with E-state index in [1.165, 1.54) is 5.56 Å². The van der Waals surface area contributed by atoms with Gasteiger partial charge in [0.25, 0.3) is 0 Å². The standard InChI is InChI=1S/C13H18O.CH4/c1-10(9-14)11-5-7-12(8-6-11)13(2,3)4;/h5-10H,1-4H3;1H4. The van der Waals surface area contributed by atoms with Gasteiger partial charge in [0, 0.05) is 5.92 Å². The normalized spacial score (nSPS) is 12.8. The van der Waals surface area contributed by atoms with Crippen molar-refractivity contribution in [2.45, 2.75) is 46.5 Å². The zero-order valence-electron chi connectivity index (χ0n) is 9.37. The van der Waals surface area contributed by atoms with E-state index in [1.54, 1.807) is 0 Å². The summed E-state index contributed by atoms with van der Waals surface area (Å²) in [7, 11) is 0. The largest absolute Gasteiger partial charge is 0.303 e. The van der Waals surface area contributed by atoms with Crippen LogP contribution in [0, 0.1) is 0 Å². The molecule has 0 fully saturated rings. The van der Waals surface area contributed by atoms with E-state index in [1.807, 2.05) is 19.1 Å². The van der Waals surface area contributed by atoms with Gasteiger partial charge >= 0.3 is 0 Å². The lowest BCUT2D eigenvalue weighted by atomic mass is 9.86. The van der Waals surface area contributed by atoms with Crippen LogP contribution in [0.25, 0.3) is 0 Å². The Morgan fingerprint density at radius 1 is 1.13 bits per heavy atom. The number of hydrogen-bond acceptors (Lipinski definition) is 1. The molecule has 1 unspecified atom stereocenters. The van der Waals surface area contributed by atoms with Crippen LogP contribution in [-0.2, 0) is 10.2 Å². The highest BCUT2D eigenvalue weighted by Crippen LogP contribution is 2.23. The van der Waals surface area contributed by atoms with Gasteiger partial charge < -0.3 is 4.79 Å². The summed E-state index contributed by atoms with van der Waals surface area (Å²) in [5.74, 6) is 0.00372. The molecule has 1 nitrogen and oxygen atoms in total. The van der Waals surface area contributed by atoms with Gasteiger partial charge in [-0.05, 0) is 16.5 Å². The van der Waals surface area contributed by atoms with Crippen LogP contribution in [0.5, 0.6) is 0 Å². The third-order valence-corrected chi connectivity index (χ3v) is 2.51. The van der Waals surface area contributed by atoms with E-state index in [2.05, 4.69) is 32.9 Å². The van der Waals surface area contributed by atoms with Crippen molar-refractivity contribution in [2.24, 2.45) is 0 Å². The molecule has 0 aromatic heterocycles. The van der Waals surface area contributed by atoms with E-state index in [0.717, 1.165) is 11.8 Å². The van der Waals surface area contributed by atoms with Crippen LogP contribution in [0.2, 0.25) is 0 Å². The summed E-state index contributed by atoms with van der Waals surface area (Å²) in [6, 6.07) is 8.30. The Hall–Kier alpha value is -1.11. The highest BCUT2D eigenvalue weighted by molar-refractivity contribution is 5.61. The monoisotopic (exact) mass is 206 g/mol. The molecule has 0 heterocycles. The van der Waals surface area contributed by atoms with Crippen LogP contribution in [0.1, 0.15) is 52.2 Å². The Bertz CT molecular complexity index is 303. The second-order valence-corrected chi connectivity index (χ2v) is 4.80. The van der Waals surface area contributed by atoms with Gasteiger partial charge in [-0.3, -0.25) is 0 Å². The first-order valence-corrected chi connectivity index (χ1v) is 5.01. The number of aldehydes is 1. The van der Waals surface area contributed by atoms with E-state index in [-0.39, 0.29) is 18.8 Å². The molecule has 0 aliphatic rings. The molecule has 1 aromatic rings. The predicted octanol–water partition coefficient (Wildman–Crippen LogP) is 3.92. The van der Waals surface area contributed by atoms with Crippen LogP contribution in [0.3, 0.4) is 0 Å². The number of carbonyl (C=O) groups excluding carboxylic acids is 1. The minimum atomic E-state index is 0. The van der Waals surface area contributed by atoms with E-state index < -0.39 is 0 Å². The Labute approximate surface area is 93.5 Å². The van der Waals surface area contributed by atoms with Gasteiger partial charge in [0.2, 0.25) is 0 Å². The topological polar surface area (TPSA) is 17.1 Å². The van der Waals surface area contributed by atoms with Gasteiger partial charge in [-0.25, -0.2) is 0 Å². The zero-order valence-corrected chi connectivity index (χ0v) is 9.37. The van der Waals surface area contributed by atoms with Crippen LogP contribution in [0.15, 0.2) is 24.3 Å². The van der Waals surface area contributed by atoms with Crippen LogP contribution < -0.4 is 0 Å². The molecule has 84 valence electrons. The third-order valence-electron chi connectivity index (χ3n) is 2.51. The second-order valence-electron chi connectivity index (χ2n) is 4.80. The van der Waals surface area contributed by atoms with Gasteiger partial charge in [0.15, 0.2) is 0 Å². The number of benzene rings is 1. The van der Waals surface area contributed by atoms with E-state index in [0.29, 0.717) is 0 Å². The molecule has 0 spiro atoms. The van der Waals surface area contributed by atoms with Gasteiger partial charge in [-0.1, -0.05) is 59.4 Å². The lowest BCUT2D eigenvalue weighted by molar-refractivity contribution is -0.108. The molecule has 1 heteroatoms. The van der Waals surface area contributed by atoms with E-state index in [4.69, 9.17) is 0 Å². The van der Waals surface area contributed by atoms with E-state index in [9.17, 15) is 4.79 Å². The fraction of sp³-hybridized carbons (Fsp3) is 0.500. The average Bonchev–Trinajstić information content (AvgIpc) is 2.15. The summed E-state index contributed by atoms with van der Waals surface area (Å²) >= 11 is 0. The maximum Gasteiger partial charge on any atom is 0.127 e. The molecular formula is C14H22O. The third kappa shape index (κ3) is 3.50. The summed E-state index contributed by atoms with van der Waals surface area (Å²) < 4.78 is 0. The smallest absolute Gasteiger partial charge is 0.127 e. The van der Waals surface area contributed by atoms with Crippen molar-refractivity contribution in [1.29, 1.82) is 0 Å². The van der Waals surface area contributed by atoms with Crippen molar-refractivity contribution in [3.05, 3.63) is 35.4 Å². The van der Waals surface area contributed by atoms with Crippen molar-refractivity contribution in [2.75, 3.05) is 0 Å². The summed E-state index contributed by atoms with van der Waals surface area (Å²) in [5, 5.41) is 0. The quantitative estimate of drug-likeness (QED) is 0.670. The molecule has 1 rings (SSSR count). The lowest BCUT2D eigenvalue weighted by Gasteiger charge is -2.19. The maximum absolute atomic E-state index is 10.6. The number of hydrogen-bond donors (Lipinski definition) is 0. The molecule has 0 bridgehead atoms. The number of rotatable bonds is 2. The maximum atomic E-state index is 10.6. The molecule has 0 aliphatic carbocycles. The Morgan fingerprint density at radius 2 is 1.60 bits per heavy atom. The van der Waals surface area contributed by atoms with Crippen molar-refractivity contribution in [1.82, 2.24) is 0 Å². The molecule has 1 atom stereocenters. The molecule has 0 saturated heterocycles. The molecule has 0 saturated carbocycles. The fourth-order valence-electron chi connectivity index (χ4n) is 1.37. The Balaban J connectivity index is 0.00000196. The molecule has 0 aliphatic heterocycles. The summed E-state index contributed by atoms with van der Waals surface area (Å²) in [4.78, 5) is 10.6. The van der Waals surface area contributed by atoms with Gasteiger partial charge in [0.1, 0.15) is 6.29 Å². The Morgan fingerprint density at radius 3 is 1.93 bits per heavy atom. The molecule has 0 N–H and O–H groups in total. The SMILES string of the molecule is C.CC(C=O)c1ccc(C(C)(C)C)cc1. The highest BCUT2D eigenvalue weighted by atomic mass is 16.1. The zero-order chi connectivity index (χ0) is 10.8. The van der Waals surface area contributed by atoms with Crippen molar-refractivity contribution in [3.8, 4) is 0 Å². The van der Waals surface area contributed by atoms with Gasteiger partial charge in [0.05, 0.1) is 0 Å². The molecular weight excluding hydrogens is 184 g/mol. The first-order chi connectivity index (χ1) is 6.45. The fourth-order valence-corrected chi connectivity index (χ4v) is 1.37. The highest BCUT2D eigenvalue weighted by Gasteiger charge is 2.13. The second kappa shape index (κ2) is 5.11. The van der Waals surface area contributed by atoms with Crippen LogP contribution in [0.4, 0.5) is 0 Å². The average molecular weight is 206 g/mol. The number of carbonyl (C=O) groups is 1. The van der Waals surface area contributed by atoms with Gasteiger partial charge in [-0.15, -0.1) is 0 Å². The summed E-state index contributed by atoms with van der Waals surface area (Å²) in [6.07, 6.45) is 0.978. The minimum Gasteiger partial charge on any atom is -0.303 e. The summed E-state index contributed by atoms with van der Waals surface area (Å²) in [6.45, 7) is 8.47. The van der Waals surface area contributed by atoms with Crippen LogP contribution >= 0.6 is 0 Å². The van der Waals surface area contributed by atoms with Crippen molar-refractivity contribution in [3.63, 3.8) is 0 Å². The molecule has 0 amide bonds. The van der Waals surface area contributed by atoms with E-state index >= 15 is 0 Å². The molecule has 15 heavy (non-hydrogen) atoms. The predicted molar refractivity (Wildman–Crippen MR) is 66.4 cm³/mol. The summed E-state index contributed by atoms with van der Waals surface area (Å²) in [5.41, 5.74) is 2.58. The first kappa shape index (κ1) is 13.9. The van der Waals surface area contributed by atoms with Crippen LogP contribution in [-0.4, -0.2) is 6.29 Å². The van der Waals surface area contributed by atoms with Gasteiger partial charge in [-0.2, -0.15) is 0 Å². The lowest BCUT2D eigenvalue weighted by Crippen LogP contribution is -2.10. The molecule has 0 radical (unpaired) electrons. The first-order valence-electron chi connectivity index (χ1n) is 5.01. The van der Waals surface area contributed by atoms with Crippen molar-refractivity contribution >= 4 is 6.29 Å². The Kier molecular flexibility index (Phi) is 4.73. The molecule has 1 aromatic carbocycles.